The van der Waals surface area contributed by atoms with Gasteiger partial charge in [0.05, 0.1) is 0 Å². The molecule has 0 saturated carbocycles. The van der Waals surface area contributed by atoms with Crippen molar-refractivity contribution in [1.29, 1.82) is 0 Å². The maximum atomic E-state index is 12.5. The number of nitrogens with one attached hydrogen (secondary N) is 1. The number of aromatic nitrogens is 1. The van der Waals surface area contributed by atoms with Crippen LogP contribution in [-0.2, 0) is 0 Å². The molecule has 138 valence electrons. The Morgan fingerprint density at radius 3 is 2.64 bits per heavy atom. The molecule has 0 atom stereocenters. The van der Waals surface area contributed by atoms with Crippen molar-refractivity contribution < 1.29 is 18.7 Å². The van der Waals surface area contributed by atoms with Crippen molar-refractivity contribution in [1.82, 2.24) is 4.98 Å². The van der Waals surface area contributed by atoms with Gasteiger partial charge < -0.3 is 19.2 Å². The molecule has 3 aromatic carbocycles. The Morgan fingerprint density at radius 2 is 1.79 bits per heavy atom. The molecule has 0 spiro atoms. The van der Waals surface area contributed by atoms with Gasteiger partial charge in [-0.1, -0.05) is 11.6 Å². The Bertz CT molecular complexity index is 1200. The molecule has 2 heterocycles. The number of ether oxygens (including phenoxy) is 2. The second-order valence-electron chi connectivity index (χ2n) is 6.23. The average Bonchev–Trinajstić information content (AvgIpc) is 3.34. The number of hydrogen-bond acceptors (Lipinski definition) is 5. The predicted molar refractivity (Wildman–Crippen MR) is 105 cm³/mol. The van der Waals surface area contributed by atoms with E-state index in [9.17, 15) is 4.79 Å². The molecule has 1 aromatic heterocycles. The molecule has 28 heavy (non-hydrogen) atoms. The van der Waals surface area contributed by atoms with Crippen molar-refractivity contribution in [2.24, 2.45) is 0 Å². The minimum Gasteiger partial charge on any atom is -0.454 e. The van der Waals surface area contributed by atoms with Gasteiger partial charge in [0.25, 0.3) is 5.91 Å². The highest BCUT2D eigenvalue weighted by Crippen LogP contribution is 2.33. The topological polar surface area (TPSA) is 73.6 Å². The Labute approximate surface area is 164 Å². The van der Waals surface area contributed by atoms with E-state index in [0.717, 1.165) is 5.56 Å². The third-order valence-electron chi connectivity index (χ3n) is 4.37. The molecule has 0 fully saturated rings. The first kappa shape index (κ1) is 16.6. The number of halogens is 1. The summed E-state index contributed by atoms with van der Waals surface area (Å²) >= 11 is 5.99. The van der Waals surface area contributed by atoms with Crippen molar-refractivity contribution in [3.8, 4) is 23.0 Å². The van der Waals surface area contributed by atoms with E-state index >= 15 is 0 Å². The number of fused-ring (bicyclic) bond motifs is 2. The summed E-state index contributed by atoms with van der Waals surface area (Å²) in [6, 6.07) is 17.6. The lowest BCUT2D eigenvalue weighted by molar-refractivity contribution is 0.102. The molecule has 0 radical (unpaired) electrons. The molecule has 4 aromatic rings. The van der Waals surface area contributed by atoms with Crippen LogP contribution < -0.4 is 14.8 Å². The number of carbonyl (C=O) groups excluding carboxylic acids is 1. The predicted octanol–water partition coefficient (Wildman–Crippen LogP) is 5.13. The van der Waals surface area contributed by atoms with Gasteiger partial charge in [-0.2, -0.15) is 0 Å². The monoisotopic (exact) mass is 392 g/mol. The van der Waals surface area contributed by atoms with Gasteiger partial charge in [-0.05, 0) is 60.7 Å². The zero-order valence-electron chi connectivity index (χ0n) is 14.4. The number of amides is 1. The molecule has 1 amide bonds. The lowest BCUT2D eigenvalue weighted by atomic mass is 10.1. The quantitative estimate of drug-likeness (QED) is 0.523. The smallest absolute Gasteiger partial charge is 0.255 e. The van der Waals surface area contributed by atoms with Crippen molar-refractivity contribution in [3.05, 3.63) is 71.2 Å². The van der Waals surface area contributed by atoms with E-state index in [0.29, 0.717) is 44.8 Å². The fraction of sp³-hybridized carbons (Fsp3) is 0.0476. The van der Waals surface area contributed by atoms with Crippen LogP contribution in [0.1, 0.15) is 10.4 Å². The molecule has 0 aliphatic carbocycles. The first-order valence-corrected chi connectivity index (χ1v) is 8.91. The summed E-state index contributed by atoms with van der Waals surface area (Å²) in [4.78, 5) is 16.9. The summed E-state index contributed by atoms with van der Waals surface area (Å²) in [5.41, 5.74) is 3.31. The highest BCUT2D eigenvalue weighted by atomic mass is 35.5. The van der Waals surface area contributed by atoms with Gasteiger partial charge >= 0.3 is 0 Å². The Kier molecular flexibility index (Phi) is 3.91. The van der Waals surface area contributed by atoms with Crippen molar-refractivity contribution in [2.75, 3.05) is 12.1 Å². The molecule has 0 saturated heterocycles. The van der Waals surface area contributed by atoms with Gasteiger partial charge in [0.15, 0.2) is 17.1 Å². The van der Waals surface area contributed by atoms with Gasteiger partial charge in [0.2, 0.25) is 12.7 Å². The summed E-state index contributed by atoms with van der Waals surface area (Å²) in [6.07, 6.45) is 0. The van der Waals surface area contributed by atoms with Crippen LogP contribution in [0.15, 0.2) is 65.1 Å². The summed E-state index contributed by atoms with van der Waals surface area (Å²) in [5.74, 6) is 1.47. The van der Waals surface area contributed by atoms with Crippen LogP contribution >= 0.6 is 11.6 Å². The molecule has 1 aliphatic heterocycles. The van der Waals surface area contributed by atoms with Crippen LogP contribution in [0.25, 0.3) is 22.6 Å². The standard InChI is InChI=1S/C21H13ClN2O4/c22-14-4-8-17-16(10-14)24-21(28-17)12-1-5-15(6-2-12)23-20(25)13-3-7-18-19(9-13)27-11-26-18/h1-10H,11H2,(H,23,25). The van der Waals surface area contributed by atoms with E-state index in [-0.39, 0.29) is 12.7 Å². The molecular weight excluding hydrogens is 380 g/mol. The fourth-order valence-corrected chi connectivity index (χ4v) is 3.13. The third kappa shape index (κ3) is 3.04. The lowest BCUT2D eigenvalue weighted by Crippen LogP contribution is -2.11. The van der Waals surface area contributed by atoms with Gasteiger partial charge in [-0.3, -0.25) is 4.79 Å². The Morgan fingerprint density at radius 1 is 0.964 bits per heavy atom. The average molecular weight is 393 g/mol. The molecule has 0 unspecified atom stereocenters. The van der Waals surface area contributed by atoms with Crippen LogP contribution in [-0.4, -0.2) is 17.7 Å². The molecule has 1 aliphatic rings. The summed E-state index contributed by atoms with van der Waals surface area (Å²) in [6.45, 7) is 0.171. The number of anilines is 1. The van der Waals surface area contributed by atoms with Crippen LogP contribution in [0.2, 0.25) is 5.02 Å². The first-order chi connectivity index (χ1) is 13.7. The first-order valence-electron chi connectivity index (χ1n) is 8.53. The van der Waals surface area contributed by atoms with Gasteiger partial charge in [-0.25, -0.2) is 4.98 Å². The highest BCUT2D eigenvalue weighted by Gasteiger charge is 2.16. The van der Waals surface area contributed by atoms with E-state index in [2.05, 4.69) is 10.3 Å². The minimum absolute atomic E-state index is 0.171. The summed E-state index contributed by atoms with van der Waals surface area (Å²) in [5, 5.41) is 3.46. The molecule has 7 heteroatoms. The minimum atomic E-state index is -0.234. The van der Waals surface area contributed by atoms with Crippen molar-refractivity contribution in [2.45, 2.75) is 0 Å². The normalized spacial score (nSPS) is 12.3. The molecule has 0 bridgehead atoms. The summed E-state index contributed by atoms with van der Waals surface area (Å²) < 4.78 is 16.3. The number of oxazole rings is 1. The fourth-order valence-electron chi connectivity index (χ4n) is 2.96. The highest BCUT2D eigenvalue weighted by molar-refractivity contribution is 6.31. The van der Waals surface area contributed by atoms with E-state index in [1.807, 2.05) is 12.1 Å². The van der Waals surface area contributed by atoms with Crippen LogP contribution in [0.4, 0.5) is 5.69 Å². The molecular formula is C21H13ClN2O4. The van der Waals surface area contributed by atoms with Crippen LogP contribution in [0.5, 0.6) is 11.5 Å². The van der Waals surface area contributed by atoms with E-state index in [4.69, 9.17) is 25.5 Å². The number of benzene rings is 3. The molecule has 5 rings (SSSR count). The largest absolute Gasteiger partial charge is 0.454 e. The van der Waals surface area contributed by atoms with Crippen molar-refractivity contribution in [3.63, 3.8) is 0 Å². The van der Waals surface area contributed by atoms with E-state index in [1.165, 1.54) is 0 Å². The Hall–Kier alpha value is -3.51. The van der Waals surface area contributed by atoms with Gasteiger partial charge in [-0.15, -0.1) is 0 Å². The molecule has 6 nitrogen and oxygen atoms in total. The number of rotatable bonds is 3. The maximum absolute atomic E-state index is 12.5. The number of hydrogen-bond donors (Lipinski definition) is 1. The van der Waals surface area contributed by atoms with Gasteiger partial charge in [0, 0.05) is 21.8 Å². The maximum Gasteiger partial charge on any atom is 0.255 e. The molecule has 1 N–H and O–H groups in total. The lowest BCUT2D eigenvalue weighted by Gasteiger charge is -2.06. The van der Waals surface area contributed by atoms with Gasteiger partial charge in [0.1, 0.15) is 5.52 Å². The third-order valence-corrected chi connectivity index (χ3v) is 4.61. The van der Waals surface area contributed by atoms with Crippen LogP contribution in [0, 0.1) is 0 Å². The van der Waals surface area contributed by atoms with E-state index in [1.54, 1.807) is 48.5 Å². The zero-order valence-corrected chi connectivity index (χ0v) is 15.2. The number of nitrogens with zero attached hydrogens (tertiary/aromatic N) is 1. The van der Waals surface area contributed by atoms with E-state index < -0.39 is 0 Å². The second kappa shape index (κ2) is 6.58. The van der Waals surface area contributed by atoms with Crippen LogP contribution in [0.3, 0.4) is 0 Å². The second-order valence-corrected chi connectivity index (χ2v) is 6.67. The van der Waals surface area contributed by atoms with Crippen molar-refractivity contribution >= 4 is 34.3 Å². The number of carbonyl (C=O) groups is 1. The zero-order chi connectivity index (χ0) is 19.1. The Balaban J connectivity index is 1.35. The summed E-state index contributed by atoms with van der Waals surface area (Å²) in [7, 11) is 0. The SMILES string of the molecule is O=C(Nc1ccc(-c2nc3cc(Cl)ccc3o2)cc1)c1ccc2c(c1)OCO2.